The Bertz CT molecular complexity index is 900. The van der Waals surface area contributed by atoms with Gasteiger partial charge in [-0.15, -0.1) is 0 Å². The molecule has 1 heterocycles. The van der Waals surface area contributed by atoms with Crippen molar-refractivity contribution in [1.82, 2.24) is 14.9 Å². The second-order valence-corrected chi connectivity index (χ2v) is 6.26. The molecule has 3 rings (SSSR count). The second kappa shape index (κ2) is 8.34. The zero-order valence-electron chi connectivity index (χ0n) is 14.9. The predicted molar refractivity (Wildman–Crippen MR) is 103 cm³/mol. The normalized spacial score (nSPS) is 10.7. The third-order valence-electron chi connectivity index (χ3n) is 3.95. The first kappa shape index (κ1) is 17.7. The molecule has 0 bridgehead atoms. The fraction of sp³-hybridized carbons (Fsp3) is 0.238. The predicted octanol–water partition coefficient (Wildman–Crippen LogP) is 3.35. The summed E-state index contributed by atoms with van der Waals surface area (Å²) in [6.45, 7) is 7.25. The molecule has 0 atom stereocenters. The van der Waals surface area contributed by atoms with Crippen LogP contribution in [0.1, 0.15) is 12.7 Å². The number of para-hydroxylation sites is 3. The van der Waals surface area contributed by atoms with E-state index in [1.807, 2.05) is 55.5 Å². The van der Waals surface area contributed by atoms with Gasteiger partial charge >= 0.3 is 0 Å². The molecule has 3 aromatic rings. The van der Waals surface area contributed by atoms with Gasteiger partial charge in [0, 0.05) is 19.5 Å². The van der Waals surface area contributed by atoms with E-state index in [9.17, 15) is 4.79 Å². The number of fused-ring (bicyclic) bond motifs is 1. The molecule has 1 N–H and O–H groups in total. The molecule has 0 radical (unpaired) electrons. The summed E-state index contributed by atoms with van der Waals surface area (Å²) in [5.41, 5.74) is 3.11. The lowest BCUT2D eigenvalue weighted by molar-refractivity contribution is -0.123. The van der Waals surface area contributed by atoms with Crippen LogP contribution in [0.25, 0.3) is 11.0 Å². The van der Waals surface area contributed by atoms with Crippen LogP contribution in [0.2, 0.25) is 0 Å². The number of allylic oxidation sites excluding steroid dienone is 1. The largest absolute Gasteiger partial charge is 0.484 e. The fourth-order valence-electron chi connectivity index (χ4n) is 2.79. The van der Waals surface area contributed by atoms with E-state index in [0.717, 1.165) is 29.0 Å². The number of carbonyl (C=O) groups is 1. The van der Waals surface area contributed by atoms with Gasteiger partial charge in [-0.05, 0) is 31.2 Å². The Labute approximate surface area is 153 Å². The quantitative estimate of drug-likeness (QED) is 0.635. The third-order valence-corrected chi connectivity index (χ3v) is 3.95. The average molecular weight is 349 g/mol. The Morgan fingerprint density at radius 3 is 2.65 bits per heavy atom. The van der Waals surface area contributed by atoms with E-state index in [0.29, 0.717) is 18.7 Å². The van der Waals surface area contributed by atoms with Crippen molar-refractivity contribution in [2.75, 3.05) is 13.2 Å². The van der Waals surface area contributed by atoms with Gasteiger partial charge in [0.25, 0.3) is 5.91 Å². The van der Waals surface area contributed by atoms with Gasteiger partial charge in [0.1, 0.15) is 11.6 Å². The number of aromatic nitrogens is 2. The van der Waals surface area contributed by atoms with Gasteiger partial charge in [-0.25, -0.2) is 4.98 Å². The average Bonchev–Trinajstić information content (AvgIpc) is 2.98. The highest BCUT2D eigenvalue weighted by molar-refractivity contribution is 5.77. The summed E-state index contributed by atoms with van der Waals surface area (Å²) in [5.74, 6) is 1.49. The highest BCUT2D eigenvalue weighted by Gasteiger charge is 2.11. The van der Waals surface area contributed by atoms with Crippen LogP contribution in [0.5, 0.6) is 5.75 Å². The first-order valence-electron chi connectivity index (χ1n) is 8.66. The number of rotatable bonds is 8. The lowest BCUT2D eigenvalue weighted by Crippen LogP contribution is -2.31. The Morgan fingerprint density at radius 1 is 1.15 bits per heavy atom. The molecule has 0 aliphatic carbocycles. The van der Waals surface area contributed by atoms with Gasteiger partial charge in [-0.2, -0.15) is 0 Å². The Kier molecular flexibility index (Phi) is 5.69. The lowest BCUT2D eigenvalue weighted by atomic mass is 10.3. The number of imidazole rings is 1. The Balaban J connectivity index is 1.57. The van der Waals surface area contributed by atoms with Crippen LogP contribution in [0.4, 0.5) is 0 Å². The molecule has 0 saturated heterocycles. The monoisotopic (exact) mass is 349 g/mol. The van der Waals surface area contributed by atoms with Crippen LogP contribution in [-0.2, 0) is 17.8 Å². The fourth-order valence-corrected chi connectivity index (χ4v) is 2.79. The van der Waals surface area contributed by atoms with Gasteiger partial charge in [0.2, 0.25) is 0 Å². The highest BCUT2D eigenvalue weighted by atomic mass is 16.5. The molecular weight excluding hydrogens is 326 g/mol. The van der Waals surface area contributed by atoms with E-state index in [2.05, 4.69) is 22.5 Å². The van der Waals surface area contributed by atoms with E-state index in [-0.39, 0.29) is 12.5 Å². The molecule has 0 fully saturated rings. The van der Waals surface area contributed by atoms with Gasteiger partial charge in [0.05, 0.1) is 11.0 Å². The minimum absolute atomic E-state index is 0.00615. The minimum atomic E-state index is -0.142. The smallest absolute Gasteiger partial charge is 0.257 e. The number of benzene rings is 2. The summed E-state index contributed by atoms with van der Waals surface area (Å²) >= 11 is 0. The van der Waals surface area contributed by atoms with E-state index < -0.39 is 0 Å². The standard InChI is InChI=1S/C21H23N3O2/c1-16(2)14-24-19-11-7-6-10-18(19)23-20(24)12-13-22-21(25)15-26-17-8-4-3-5-9-17/h3-11H,1,12-15H2,2H3,(H,22,25). The van der Waals surface area contributed by atoms with Crippen molar-refractivity contribution in [2.45, 2.75) is 19.9 Å². The van der Waals surface area contributed by atoms with Crippen molar-refractivity contribution in [3.63, 3.8) is 0 Å². The van der Waals surface area contributed by atoms with Gasteiger partial charge < -0.3 is 14.6 Å². The topological polar surface area (TPSA) is 56.2 Å². The van der Waals surface area contributed by atoms with Crippen molar-refractivity contribution in [2.24, 2.45) is 0 Å². The molecule has 2 aromatic carbocycles. The number of ether oxygens (including phenoxy) is 1. The van der Waals surface area contributed by atoms with Crippen LogP contribution in [0.3, 0.4) is 0 Å². The summed E-state index contributed by atoms with van der Waals surface area (Å²) < 4.78 is 7.61. The summed E-state index contributed by atoms with van der Waals surface area (Å²) in [4.78, 5) is 16.7. The first-order valence-corrected chi connectivity index (χ1v) is 8.66. The Hall–Kier alpha value is -3.08. The molecule has 26 heavy (non-hydrogen) atoms. The van der Waals surface area contributed by atoms with E-state index in [1.54, 1.807) is 0 Å². The summed E-state index contributed by atoms with van der Waals surface area (Å²) in [5, 5.41) is 2.89. The second-order valence-electron chi connectivity index (χ2n) is 6.26. The van der Waals surface area contributed by atoms with Crippen LogP contribution in [0, 0.1) is 0 Å². The SMILES string of the molecule is C=C(C)Cn1c(CCNC(=O)COc2ccccc2)nc2ccccc21. The number of nitrogens with one attached hydrogen (secondary N) is 1. The van der Waals surface area contributed by atoms with Crippen LogP contribution < -0.4 is 10.1 Å². The summed E-state index contributed by atoms with van der Waals surface area (Å²) in [6, 6.07) is 17.3. The van der Waals surface area contributed by atoms with Gasteiger partial charge in [-0.3, -0.25) is 4.79 Å². The van der Waals surface area contributed by atoms with Crippen molar-refractivity contribution in [3.05, 3.63) is 72.6 Å². The number of nitrogens with zero attached hydrogens (tertiary/aromatic N) is 2. The number of hydrogen-bond acceptors (Lipinski definition) is 3. The molecular formula is C21H23N3O2. The lowest BCUT2D eigenvalue weighted by Gasteiger charge is -2.10. The molecule has 1 aromatic heterocycles. The Morgan fingerprint density at radius 2 is 1.88 bits per heavy atom. The zero-order valence-corrected chi connectivity index (χ0v) is 14.9. The van der Waals surface area contributed by atoms with E-state index >= 15 is 0 Å². The van der Waals surface area contributed by atoms with Gasteiger partial charge in [-0.1, -0.05) is 42.5 Å². The first-order chi connectivity index (χ1) is 12.6. The number of hydrogen-bond donors (Lipinski definition) is 1. The van der Waals surface area contributed by atoms with Crippen molar-refractivity contribution < 1.29 is 9.53 Å². The van der Waals surface area contributed by atoms with Crippen molar-refractivity contribution >= 4 is 16.9 Å². The molecule has 0 unspecified atom stereocenters. The van der Waals surface area contributed by atoms with Crippen molar-refractivity contribution in [1.29, 1.82) is 0 Å². The maximum absolute atomic E-state index is 12.0. The molecule has 5 nitrogen and oxygen atoms in total. The van der Waals surface area contributed by atoms with E-state index in [4.69, 9.17) is 9.72 Å². The summed E-state index contributed by atoms with van der Waals surface area (Å²) in [6.07, 6.45) is 0.652. The van der Waals surface area contributed by atoms with Crippen LogP contribution >= 0.6 is 0 Å². The molecule has 0 aliphatic rings. The van der Waals surface area contributed by atoms with Crippen LogP contribution in [-0.4, -0.2) is 28.6 Å². The highest BCUT2D eigenvalue weighted by Crippen LogP contribution is 2.17. The number of amides is 1. The molecule has 5 heteroatoms. The molecule has 0 saturated carbocycles. The maximum atomic E-state index is 12.0. The molecule has 0 aliphatic heterocycles. The zero-order chi connectivity index (χ0) is 18.4. The van der Waals surface area contributed by atoms with Crippen molar-refractivity contribution in [3.8, 4) is 5.75 Å². The maximum Gasteiger partial charge on any atom is 0.257 e. The number of carbonyl (C=O) groups excluding carboxylic acids is 1. The van der Waals surface area contributed by atoms with Gasteiger partial charge in [0.15, 0.2) is 6.61 Å². The molecule has 134 valence electrons. The minimum Gasteiger partial charge on any atom is -0.484 e. The summed E-state index contributed by atoms with van der Waals surface area (Å²) in [7, 11) is 0. The third kappa shape index (κ3) is 4.51. The van der Waals surface area contributed by atoms with Crippen LogP contribution in [0.15, 0.2) is 66.7 Å². The van der Waals surface area contributed by atoms with E-state index in [1.165, 1.54) is 0 Å². The molecule has 0 spiro atoms. The molecule has 1 amide bonds.